The number of aromatic nitrogens is 2. The third kappa shape index (κ3) is 3.32. The van der Waals surface area contributed by atoms with Crippen molar-refractivity contribution in [1.29, 1.82) is 0 Å². The van der Waals surface area contributed by atoms with E-state index in [0.29, 0.717) is 24.2 Å². The van der Waals surface area contributed by atoms with Crippen LogP contribution in [0.15, 0.2) is 4.52 Å². The van der Waals surface area contributed by atoms with Crippen LogP contribution in [0.1, 0.15) is 51.1 Å². The molecular formula is C13H23N3O3. The first kappa shape index (κ1) is 14.4. The van der Waals surface area contributed by atoms with E-state index < -0.39 is 0 Å². The van der Waals surface area contributed by atoms with Crippen LogP contribution < -0.4 is 5.32 Å². The summed E-state index contributed by atoms with van der Waals surface area (Å²) in [5.74, 6) is 1.57. The van der Waals surface area contributed by atoms with E-state index in [1.54, 1.807) is 7.11 Å². The van der Waals surface area contributed by atoms with Gasteiger partial charge >= 0.3 is 0 Å². The fraction of sp³-hybridized carbons (Fsp3) is 0.846. The van der Waals surface area contributed by atoms with Crippen molar-refractivity contribution >= 4 is 0 Å². The summed E-state index contributed by atoms with van der Waals surface area (Å²) in [5, 5.41) is 7.39. The zero-order valence-corrected chi connectivity index (χ0v) is 12.0. The molecule has 0 radical (unpaired) electrons. The summed E-state index contributed by atoms with van der Waals surface area (Å²) in [4.78, 5) is 4.48. The Hall–Kier alpha value is -0.980. The Kier molecular flexibility index (Phi) is 4.90. The van der Waals surface area contributed by atoms with Gasteiger partial charge < -0.3 is 19.3 Å². The Labute approximate surface area is 113 Å². The Morgan fingerprint density at radius 1 is 1.47 bits per heavy atom. The Morgan fingerprint density at radius 3 is 2.84 bits per heavy atom. The summed E-state index contributed by atoms with van der Waals surface area (Å²) in [6.07, 6.45) is 0.967. The first-order chi connectivity index (χ1) is 9.15. The molecule has 1 fully saturated rings. The fourth-order valence-corrected chi connectivity index (χ4v) is 2.32. The third-order valence-corrected chi connectivity index (χ3v) is 3.39. The van der Waals surface area contributed by atoms with Crippen LogP contribution in [0.5, 0.6) is 0 Å². The summed E-state index contributed by atoms with van der Waals surface area (Å²) < 4.78 is 16.4. The smallest absolute Gasteiger partial charge is 0.243 e. The fourth-order valence-electron chi connectivity index (χ4n) is 2.32. The quantitative estimate of drug-likeness (QED) is 0.850. The second-order valence-corrected chi connectivity index (χ2v) is 5.17. The van der Waals surface area contributed by atoms with Gasteiger partial charge in [-0.15, -0.1) is 0 Å². The maximum Gasteiger partial charge on any atom is 0.243 e. The lowest BCUT2D eigenvalue weighted by Crippen LogP contribution is -2.16. The first-order valence-corrected chi connectivity index (χ1v) is 6.87. The van der Waals surface area contributed by atoms with Gasteiger partial charge in [0.05, 0.1) is 12.1 Å². The van der Waals surface area contributed by atoms with Crippen molar-refractivity contribution in [2.45, 2.75) is 45.4 Å². The molecule has 2 rings (SSSR count). The highest BCUT2D eigenvalue weighted by Gasteiger charge is 2.31. The summed E-state index contributed by atoms with van der Waals surface area (Å²) in [6.45, 7) is 7.60. The lowest BCUT2D eigenvalue weighted by Gasteiger charge is -2.16. The van der Waals surface area contributed by atoms with Crippen LogP contribution in [-0.2, 0) is 9.47 Å². The topological polar surface area (TPSA) is 69.4 Å². The number of methoxy groups -OCH3 is 1. The Bertz CT molecular complexity index is 394. The maximum atomic E-state index is 5.68. The van der Waals surface area contributed by atoms with Crippen LogP contribution in [0, 0.1) is 5.92 Å². The molecule has 19 heavy (non-hydrogen) atoms. The largest absolute Gasteiger partial charge is 0.380 e. The molecule has 108 valence electrons. The van der Waals surface area contributed by atoms with Gasteiger partial charge in [-0.3, -0.25) is 0 Å². The molecule has 0 spiro atoms. The molecule has 1 aliphatic heterocycles. The van der Waals surface area contributed by atoms with E-state index in [4.69, 9.17) is 14.0 Å². The van der Waals surface area contributed by atoms with E-state index in [-0.39, 0.29) is 18.2 Å². The van der Waals surface area contributed by atoms with Crippen molar-refractivity contribution in [1.82, 2.24) is 15.5 Å². The second kappa shape index (κ2) is 6.45. The van der Waals surface area contributed by atoms with Crippen molar-refractivity contribution in [3.63, 3.8) is 0 Å². The summed E-state index contributed by atoms with van der Waals surface area (Å²) >= 11 is 0. The molecule has 1 N–H and O–H groups in total. The van der Waals surface area contributed by atoms with Gasteiger partial charge in [-0.2, -0.15) is 4.98 Å². The Morgan fingerprint density at radius 2 is 2.26 bits per heavy atom. The normalized spacial score (nSPS) is 25.1. The first-order valence-electron chi connectivity index (χ1n) is 6.87. The lowest BCUT2D eigenvalue weighted by atomic mass is 10.1. The van der Waals surface area contributed by atoms with Crippen LogP contribution in [0.3, 0.4) is 0 Å². The molecule has 6 nitrogen and oxygen atoms in total. The van der Waals surface area contributed by atoms with Crippen LogP contribution in [0.25, 0.3) is 0 Å². The van der Waals surface area contributed by atoms with Gasteiger partial charge in [0.15, 0.2) is 0 Å². The number of hydrogen-bond donors (Lipinski definition) is 1. The van der Waals surface area contributed by atoms with Gasteiger partial charge in [0.1, 0.15) is 6.10 Å². The molecule has 0 saturated carbocycles. The molecule has 1 saturated heterocycles. The summed E-state index contributed by atoms with van der Waals surface area (Å²) in [7, 11) is 1.72. The minimum Gasteiger partial charge on any atom is -0.380 e. The molecule has 2 heterocycles. The molecular weight excluding hydrogens is 246 g/mol. The minimum atomic E-state index is -0.109. The highest BCUT2D eigenvalue weighted by Crippen LogP contribution is 2.27. The highest BCUT2D eigenvalue weighted by atomic mass is 16.5. The van der Waals surface area contributed by atoms with E-state index in [1.807, 2.05) is 6.92 Å². The van der Waals surface area contributed by atoms with E-state index in [0.717, 1.165) is 13.0 Å². The SMILES string of the molecule is CCOC(c1noc(C2CC(OC)CN2)n1)C(C)C. The molecule has 0 aliphatic carbocycles. The van der Waals surface area contributed by atoms with Crippen LogP contribution >= 0.6 is 0 Å². The van der Waals surface area contributed by atoms with Crippen LogP contribution in [-0.4, -0.2) is 36.5 Å². The number of nitrogens with zero attached hydrogens (tertiary/aromatic N) is 2. The van der Waals surface area contributed by atoms with Crippen molar-refractivity contribution in [3.8, 4) is 0 Å². The average molecular weight is 269 g/mol. The summed E-state index contributed by atoms with van der Waals surface area (Å²) in [5.41, 5.74) is 0. The molecule has 6 heteroatoms. The number of ether oxygens (including phenoxy) is 2. The lowest BCUT2D eigenvalue weighted by molar-refractivity contribution is 0.0217. The third-order valence-electron chi connectivity index (χ3n) is 3.39. The number of hydrogen-bond acceptors (Lipinski definition) is 6. The maximum absolute atomic E-state index is 5.68. The zero-order valence-electron chi connectivity index (χ0n) is 12.0. The van der Waals surface area contributed by atoms with E-state index >= 15 is 0 Å². The Balaban J connectivity index is 2.05. The van der Waals surface area contributed by atoms with E-state index in [1.165, 1.54) is 0 Å². The molecule has 0 bridgehead atoms. The second-order valence-electron chi connectivity index (χ2n) is 5.17. The average Bonchev–Trinajstić information content (AvgIpc) is 3.03. The van der Waals surface area contributed by atoms with Gasteiger partial charge in [0, 0.05) is 20.3 Å². The van der Waals surface area contributed by atoms with Crippen molar-refractivity contribution in [2.24, 2.45) is 5.92 Å². The van der Waals surface area contributed by atoms with Crippen molar-refractivity contribution in [2.75, 3.05) is 20.3 Å². The van der Waals surface area contributed by atoms with Gasteiger partial charge in [-0.1, -0.05) is 19.0 Å². The van der Waals surface area contributed by atoms with Gasteiger partial charge in [0.25, 0.3) is 0 Å². The monoisotopic (exact) mass is 269 g/mol. The van der Waals surface area contributed by atoms with Gasteiger partial charge in [-0.05, 0) is 19.3 Å². The predicted molar refractivity (Wildman–Crippen MR) is 69.7 cm³/mol. The van der Waals surface area contributed by atoms with E-state index in [2.05, 4.69) is 29.3 Å². The van der Waals surface area contributed by atoms with E-state index in [9.17, 15) is 0 Å². The number of nitrogens with one attached hydrogen (secondary N) is 1. The molecule has 0 aromatic carbocycles. The molecule has 1 aromatic heterocycles. The molecule has 3 atom stereocenters. The van der Waals surface area contributed by atoms with Crippen LogP contribution in [0.2, 0.25) is 0 Å². The standard InChI is InChI=1S/C13H23N3O3/c1-5-18-11(8(2)3)12-15-13(19-16-12)10-6-9(17-4)7-14-10/h8-11,14H,5-7H2,1-4H3. The molecule has 0 amide bonds. The minimum absolute atomic E-state index is 0.0839. The van der Waals surface area contributed by atoms with Gasteiger partial charge in [0.2, 0.25) is 11.7 Å². The molecule has 1 aliphatic rings. The molecule has 3 unspecified atom stereocenters. The number of rotatable bonds is 6. The van der Waals surface area contributed by atoms with Crippen molar-refractivity contribution < 1.29 is 14.0 Å². The van der Waals surface area contributed by atoms with Crippen LogP contribution in [0.4, 0.5) is 0 Å². The summed E-state index contributed by atoms with van der Waals surface area (Å²) in [6, 6.07) is 0.0839. The van der Waals surface area contributed by atoms with Gasteiger partial charge in [-0.25, -0.2) is 0 Å². The molecule has 1 aromatic rings. The predicted octanol–water partition coefficient (Wildman–Crippen LogP) is 1.85. The van der Waals surface area contributed by atoms with Crippen molar-refractivity contribution in [3.05, 3.63) is 11.7 Å². The zero-order chi connectivity index (χ0) is 13.8. The highest BCUT2D eigenvalue weighted by molar-refractivity contribution is 5.00.